The van der Waals surface area contributed by atoms with Gasteiger partial charge < -0.3 is 15.1 Å². The lowest BCUT2D eigenvalue weighted by molar-refractivity contribution is 0.101. The Morgan fingerprint density at radius 1 is 0.964 bits per heavy atom. The molecule has 28 heavy (non-hydrogen) atoms. The molecule has 3 aromatic rings. The van der Waals surface area contributed by atoms with Gasteiger partial charge in [-0.05, 0) is 37.3 Å². The van der Waals surface area contributed by atoms with Crippen molar-refractivity contribution in [1.82, 2.24) is 25.1 Å². The Bertz CT molecular complexity index is 940. The first-order valence-electron chi connectivity index (χ1n) is 9.04. The Kier molecular flexibility index (Phi) is 5.05. The van der Waals surface area contributed by atoms with Crippen LogP contribution in [0.3, 0.4) is 0 Å². The average Bonchev–Trinajstić information content (AvgIpc) is 2.75. The molecule has 1 aromatic carbocycles. The quantitative estimate of drug-likeness (QED) is 0.669. The number of piperazine rings is 1. The minimum absolute atomic E-state index is 0.0394. The predicted octanol–water partition coefficient (Wildman–Crippen LogP) is 1.93. The molecule has 0 unspecified atom stereocenters. The Morgan fingerprint density at radius 2 is 1.61 bits per heavy atom. The summed E-state index contributed by atoms with van der Waals surface area (Å²) in [5.74, 6) is 1.97. The van der Waals surface area contributed by atoms with Gasteiger partial charge in [0.25, 0.3) is 0 Å². The average molecular weight is 376 g/mol. The van der Waals surface area contributed by atoms with E-state index in [1.54, 1.807) is 37.6 Å². The fourth-order valence-corrected chi connectivity index (χ4v) is 2.99. The van der Waals surface area contributed by atoms with E-state index in [0.717, 1.165) is 37.8 Å². The molecule has 1 fully saturated rings. The Hall–Kier alpha value is -3.62. The Morgan fingerprint density at radius 3 is 2.25 bits per heavy atom. The number of hydrogen-bond donors (Lipinski definition) is 1. The van der Waals surface area contributed by atoms with Crippen LogP contribution in [0.2, 0.25) is 0 Å². The maximum atomic E-state index is 11.4. The molecule has 3 heterocycles. The number of aromatic nitrogens is 5. The third-order valence-corrected chi connectivity index (χ3v) is 4.51. The van der Waals surface area contributed by atoms with Crippen molar-refractivity contribution in [3.8, 4) is 0 Å². The lowest BCUT2D eigenvalue weighted by Gasteiger charge is -2.34. The molecule has 1 N–H and O–H groups in total. The molecule has 2 aromatic heterocycles. The van der Waals surface area contributed by atoms with E-state index < -0.39 is 0 Å². The van der Waals surface area contributed by atoms with Crippen LogP contribution in [0.1, 0.15) is 17.3 Å². The zero-order chi connectivity index (χ0) is 19.3. The number of carbonyl (C=O) groups excluding carboxylic acids is 1. The van der Waals surface area contributed by atoms with E-state index in [9.17, 15) is 4.79 Å². The van der Waals surface area contributed by atoms with Gasteiger partial charge in [-0.2, -0.15) is 10.1 Å². The number of Topliss-reactive ketones (excluding diaryl/α,β-unsaturated/α-hetero) is 1. The molecule has 1 saturated heterocycles. The van der Waals surface area contributed by atoms with Crippen molar-refractivity contribution in [1.29, 1.82) is 0 Å². The van der Waals surface area contributed by atoms with Crippen LogP contribution in [0.5, 0.6) is 0 Å². The first-order chi connectivity index (χ1) is 13.7. The molecule has 0 aliphatic carbocycles. The van der Waals surface area contributed by atoms with E-state index in [4.69, 9.17) is 0 Å². The summed E-state index contributed by atoms with van der Waals surface area (Å²) in [6.07, 6.45) is 5.08. The summed E-state index contributed by atoms with van der Waals surface area (Å²) in [6, 6.07) is 9.07. The number of nitrogens with one attached hydrogen (secondary N) is 1. The molecular weight excluding hydrogens is 356 g/mol. The van der Waals surface area contributed by atoms with Crippen LogP contribution in [0.15, 0.2) is 48.9 Å². The van der Waals surface area contributed by atoms with Gasteiger partial charge in [0.2, 0.25) is 11.9 Å². The summed E-state index contributed by atoms with van der Waals surface area (Å²) in [5, 5.41) is 11.4. The maximum absolute atomic E-state index is 11.4. The van der Waals surface area contributed by atoms with Crippen molar-refractivity contribution < 1.29 is 4.79 Å². The second kappa shape index (κ2) is 7.95. The summed E-state index contributed by atoms with van der Waals surface area (Å²) in [4.78, 5) is 28.8. The number of benzene rings is 1. The van der Waals surface area contributed by atoms with Gasteiger partial charge in [-0.3, -0.25) is 4.79 Å². The number of ketones is 1. The van der Waals surface area contributed by atoms with Crippen LogP contribution >= 0.6 is 0 Å². The van der Waals surface area contributed by atoms with Crippen LogP contribution in [0.25, 0.3) is 0 Å². The first-order valence-corrected chi connectivity index (χ1v) is 9.04. The third kappa shape index (κ3) is 4.03. The largest absolute Gasteiger partial charge is 0.339 e. The molecular formula is C19H20N8O. The number of carbonyl (C=O) groups is 1. The highest BCUT2D eigenvalue weighted by atomic mass is 16.1. The van der Waals surface area contributed by atoms with Crippen molar-refractivity contribution in [3.05, 3.63) is 54.5 Å². The number of rotatable bonds is 5. The third-order valence-electron chi connectivity index (χ3n) is 4.51. The normalized spacial score (nSPS) is 14.0. The second-order valence-corrected chi connectivity index (χ2v) is 6.42. The van der Waals surface area contributed by atoms with Gasteiger partial charge in [0.05, 0.1) is 6.20 Å². The molecule has 9 nitrogen and oxygen atoms in total. The van der Waals surface area contributed by atoms with Gasteiger partial charge in [0.1, 0.15) is 0 Å². The molecule has 0 saturated carbocycles. The van der Waals surface area contributed by atoms with E-state index in [2.05, 4.69) is 40.3 Å². The standard InChI is InChI=1S/C19H20N8O/c1-14(28)15-3-5-16(6-4-15)23-17-13-22-25-19(24-17)27-11-9-26(10-12-27)18-20-7-2-8-21-18/h2-8,13H,9-12H2,1H3,(H,23,24,25). The highest BCUT2D eigenvalue weighted by Gasteiger charge is 2.21. The molecule has 4 rings (SSSR count). The molecule has 0 radical (unpaired) electrons. The van der Waals surface area contributed by atoms with Gasteiger partial charge in [0.15, 0.2) is 11.6 Å². The van der Waals surface area contributed by atoms with Gasteiger partial charge in [-0.25, -0.2) is 9.97 Å². The van der Waals surface area contributed by atoms with E-state index in [0.29, 0.717) is 17.3 Å². The molecule has 1 aliphatic rings. The van der Waals surface area contributed by atoms with Crippen molar-refractivity contribution in [2.75, 3.05) is 41.3 Å². The van der Waals surface area contributed by atoms with Crippen LogP contribution in [-0.4, -0.2) is 57.1 Å². The summed E-state index contributed by atoms with van der Waals surface area (Å²) in [5.41, 5.74) is 1.51. The fraction of sp³-hybridized carbons (Fsp3) is 0.263. The summed E-state index contributed by atoms with van der Waals surface area (Å²) in [7, 11) is 0. The number of nitrogens with zero attached hydrogens (tertiary/aromatic N) is 7. The lowest BCUT2D eigenvalue weighted by atomic mass is 10.1. The molecule has 0 bridgehead atoms. The van der Waals surface area contributed by atoms with Crippen molar-refractivity contribution in [2.45, 2.75) is 6.92 Å². The SMILES string of the molecule is CC(=O)c1ccc(Nc2cnnc(N3CCN(c4ncccn4)CC3)n2)cc1. The molecule has 0 spiro atoms. The highest BCUT2D eigenvalue weighted by molar-refractivity contribution is 5.94. The zero-order valence-corrected chi connectivity index (χ0v) is 15.5. The van der Waals surface area contributed by atoms with E-state index in [-0.39, 0.29) is 5.78 Å². The summed E-state index contributed by atoms with van der Waals surface area (Å²) in [6.45, 7) is 4.65. The molecule has 1 aliphatic heterocycles. The van der Waals surface area contributed by atoms with Gasteiger partial charge >= 0.3 is 0 Å². The Labute approximate surface area is 162 Å². The monoisotopic (exact) mass is 376 g/mol. The minimum Gasteiger partial charge on any atom is -0.339 e. The fourth-order valence-electron chi connectivity index (χ4n) is 2.99. The Balaban J connectivity index is 1.41. The van der Waals surface area contributed by atoms with Gasteiger partial charge in [0, 0.05) is 49.8 Å². The van der Waals surface area contributed by atoms with Gasteiger partial charge in [-0.15, -0.1) is 5.10 Å². The second-order valence-electron chi connectivity index (χ2n) is 6.42. The maximum Gasteiger partial charge on any atom is 0.247 e. The number of hydrogen-bond acceptors (Lipinski definition) is 9. The van der Waals surface area contributed by atoms with Crippen LogP contribution in [0, 0.1) is 0 Å². The summed E-state index contributed by atoms with van der Waals surface area (Å²) < 4.78 is 0. The van der Waals surface area contributed by atoms with Crippen molar-refractivity contribution in [3.63, 3.8) is 0 Å². The highest BCUT2D eigenvalue weighted by Crippen LogP contribution is 2.18. The predicted molar refractivity (Wildman–Crippen MR) is 106 cm³/mol. The van der Waals surface area contributed by atoms with Gasteiger partial charge in [-0.1, -0.05) is 0 Å². The molecule has 0 amide bonds. The summed E-state index contributed by atoms with van der Waals surface area (Å²) >= 11 is 0. The van der Waals surface area contributed by atoms with Crippen LogP contribution in [0.4, 0.5) is 23.4 Å². The minimum atomic E-state index is 0.0394. The molecule has 0 atom stereocenters. The zero-order valence-electron chi connectivity index (χ0n) is 15.5. The molecule has 142 valence electrons. The van der Waals surface area contributed by atoms with Crippen molar-refractivity contribution in [2.24, 2.45) is 0 Å². The van der Waals surface area contributed by atoms with Crippen molar-refractivity contribution >= 4 is 29.2 Å². The van der Waals surface area contributed by atoms with Crippen LogP contribution < -0.4 is 15.1 Å². The lowest BCUT2D eigenvalue weighted by Crippen LogP contribution is -2.47. The topological polar surface area (TPSA) is 100 Å². The number of anilines is 4. The molecule has 9 heteroatoms. The first kappa shape index (κ1) is 17.8. The van der Waals surface area contributed by atoms with E-state index in [1.165, 1.54) is 0 Å². The van der Waals surface area contributed by atoms with Crippen LogP contribution in [-0.2, 0) is 0 Å². The smallest absolute Gasteiger partial charge is 0.247 e. The van der Waals surface area contributed by atoms with E-state index in [1.807, 2.05) is 18.2 Å². The van der Waals surface area contributed by atoms with E-state index >= 15 is 0 Å².